The Kier molecular flexibility index (Phi) is 4.90. The van der Waals surface area contributed by atoms with Gasteiger partial charge in [-0.25, -0.2) is 9.18 Å². The van der Waals surface area contributed by atoms with E-state index in [4.69, 9.17) is 14.6 Å². The first-order valence-electron chi connectivity index (χ1n) is 5.31. The molecule has 0 saturated carbocycles. The number of hydrogen-bond acceptors (Lipinski definition) is 4. The quantitative estimate of drug-likeness (QED) is 0.798. The molecule has 1 unspecified atom stereocenters. The molecule has 0 amide bonds. The second kappa shape index (κ2) is 6.20. The Balaban J connectivity index is 2.71. The number of aliphatic hydroxyl groups is 1. The summed E-state index contributed by atoms with van der Waals surface area (Å²) in [6.07, 6.45) is -0.871. The van der Waals surface area contributed by atoms with Crippen LogP contribution in [-0.2, 0) is 16.1 Å². The van der Waals surface area contributed by atoms with Crippen molar-refractivity contribution in [2.24, 2.45) is 0 Å². The molecule has 94 valence electrons. The van der Waals surface area contributed by atoms with Gasteiger partial charge in [0.15, 0.2) is 17.7 Å². The van der Waals surface area contributed by atoms with E-state index in [9.17, 15) is 9.18 Å². The molecule has 0 aliphatic heterocycles. The fraction of sp³-hybridized carbons (Fsp3) is 0.417. The summed E-state index contributed by atoms with van der Waals surface area (Å²) in [7, 11) is 0. The van der Waals surface area contributed by atoms with Gasteiger partial charge in [0, 0.05) is 0 Å². The van der Waals surface area contributed by atoms with Gasteiger partial charge in [-0.1, -0.05) is 6.07 Å². The number of rotatable bonds is 5. The van der Waals surface area contributed by atoms with E-state index in [1.807, 2.05) is 0 Å². The molecule has 0 bridgehead atoms. The lowest BCUT2D eigenvalue weighted by Crippen LogP contribution is -2.26. The summed E-state index contributed by atoms with van der Waals surface area (Å²) < 4.78 is 23.3. The second-order valence-corrected chi connectivity index (χ2v) is 3.44. The Bertz CT molecular complexity index is 392. The maximum atomic E-state index is 13.5. The lowest BCUT2D eigenvalue weighted by molar-refractivity contribution is -0.150. The monoisotopic (exact) mass is 242 g/mol. The number of ether oxygens (including phenoxy) is 2. The standard InChI is InChI=1S/C12H15FO4/c1-3-16-12(15)8(2)17-11-5-4-9(7-14)6-10(11)13/h4-6,8,14H,3,7H2,1-2H3. The number of esters is 1. The molecule has 1 atom stereocenters. The summed E-state index contributed by atoms with van der Waals surface area (Å²) in [5.41, 5.74) is 0.443. The van der Waals surface area contributed by atoms with E-state index in [1.54, 1.807) is 6.92 Å². The molecule has 0 fully saturated rings. The van der Waals surface area contributed by atoms with Gasteiger partial charge in [-0.2, -0.15) is 0 Å². The van der Waals surface area contributed by atoms with Gasteiger partial charge in [0.05, 0.1) is 13.2 Å². The average Bonchev–Trinajstić information content (AvgIpc) is 2.31. The van der Waals surface area contributed by atoms with Crippen LogP contribution in [-0.4, -0.2) is 23.8 Å². The van der Waals surface area contributed by atoms with E-state index in [0.29, 0.717) is 5.56 Å². The molecule has 0 heterocycles. The zero-order valence-corrected chi connectivity index (χ0v) is 9.77. The highest BCUT2D eigenvalue weighted by Crippen LogP contribution is 2.19. The predicted molar refractivity (Wildman–Crippen MR) is 59.0 cm³/mol. The highest BCUT2D eigenvalue weighted by molar-refractivity contribution is 5.74. The minimum absolute atomic E-state index is 0.0391. The smallest absolute Gasteiger partial charge is 0.347 e. The van der Waals surface area contributed by atoms with Crippen LogP contribution in [0, 0.1) is 5.82 Å². The molecule has 0 spiro atoms. The topological polar surface area (TPSA) is 55.8 Å². The summed E-state index contributed by atoms with van der Waals surface area (Å²) in [6.45, 7) is 3.17. The number of aliphatic hydroxyl groups excluding tert-OH is 1. The van der Waals surface area contributed by atoms with Crippen LogP contribution >= 0.6 is 0 Å². The van der Waals surface area contributed by atoms with Crippen LogP contribution < -0.4 is 4.74 Å². The van der Waals surface area contributed by atoms with Crippen molar-refractivity contribution in [3.63, 3.8) is 0 Å². The molecule has 1 aromatic rings. The predicted octanol–water partition coefficient (Wildman–Crippen LogP) is 1.65. The van der Waals surface area contributed by atoms with Crippen LogP contribution in [0.1, 0.15) is 19.4 Å². The van der Waals surface area contributed by atoms with Crippen molar-refractivity contribution in [3.05, 3.63) is 29.6 Å². The first kappa shape index (κ1) is 13.4. The van der Waals surface area contributed by atoms with Crippen molar-refractivity contribution in [1.82, 2.24) is 0 Å². The molecule has 0 aromatic heterocycles. The minimum atomic E-state index is -0.871. The third kappa shape index (κ3) is 3.71. The number of hydrogen-bond donors (Lipinski definition) is 1. The summed E-state index contributed by atoms with van der Waals surface area (Å²) >= 11 is 0. The van der Waals surface area contributed by atoms with Gasteiger partial charge in [0.2, 0.25) is 0 Å². The summed E-state index contributed by atoms with van der Waals surface area (Å²) in [5, 5.41) is 8.81. The second-order valence-electron chi connectivity index (χ2n) is 3.44. The highest BCUT2D eigenvalue weighted by Gasteiger charge is 2.17. The SMILES string of the molecule is CCOC(=O)C(C)Oc1ccc(CO)cc1F. The summed E-state index contributed by atoms with van der Waals surface area (Å²) in [5.74, 6) is -1.20. The van der Waals surface area contributed by atoms with Gasteiger partial charge in [0.25, 0.3) is 0 Å². The Labute approximate surface area is 99.0 Å². The van der Waals surface area contributed by atoms with Crippen LogP contribution in [0.5, 0.6) is 5.75 Å². The molecule has 0 aliphatic rings. The molecule has 17 heavy (non-hydrogen) atoms. The Hall–Kier alpha value is -1.62. The molecule has 4 nitrogen and oxygen atoms in total. The Morgan fingerprint density at radius 2 is 2.24 bits per heavy atom. The van der Waals surface area contributed by atoms with Gasteiger partial charge < -0.3 is 14.6 Å². The van der Waals surface area contributed by atoms with E-state index in [0.717, 1.165) is 6.07 Å². The van der Waals surface area contributed by atoms with Crippen molar-refractivity contribution in [2.75, 3.05) is 6.61 Å². The van der Waals surface area contributed by atoms with Crippen molar-refractivity contribution in [2.45, 2.75) is 26.6 Å². The van der Waals surface area contributed by atoms with E-state index < -0.39 is 17.9 Å². The molecule has 1 rings (SSSR count). The molecule has 1 aromatic carbocycles. The molecule has 5 heteroatoms. The van der Waals surface area contributed by atoms with Crippen LogP contribution in [0.15, 0.2) is 18.2 Å². The van der Waals surface area contributed by atoms with Crippen molar-refractivity contribution in [3.8, 4) is 5.75 Å². The lowest BCUT2D eigenvalue weighted by atomic mass is 10.2. The van der Waals surface area contributed by atoms with Crippen LogP contribution in [0.3, 0.4) is 0 Å². The largest absolute Gasteiger partial charge is 0.476 e. The number of carbonyl (C=O) groups excluding carboxylic acids is 1. The Morgan fingerprint density at radius 3 is 2.76 bits per heavy atom. The summed E-state index contributed by atoms with van der Waals surface area (Å²) in [4.78, 5) is 11.3. The van der Waals surface area contributed by atoms with E-state index in [-0.39, 0.29) is 19.0 Å². The fourth-order valence-corrected chi connectivity index (χ4v) is 1.24. The molecular formula is C12H15FO4. The molecule has 1 N–H and O–H groups in total. The van der Waals surface area contributed by atoms with E-state index in [1.165, 1.54) is 19.1 Å². The van der Waals surface area contributed by atoms with E-state index >= 15 is 0 Å². The minimum Gasteiger partial charge on any atom is -0.476 e. The Morgan fingerprint density at radius 1 is 1.53 bits per heavy atom. The lowest BCUT2D eigenvalue weighted by Gasteiger charge is -2.14. The zero-order chi connectivity index (χ0) is 12.8. The molecular weight excluding hydrogens is 227 g/mol. The van der Waals surface area contributed by atoms with Crippen molar-refractivity contribution < 1.29 is 23.8 Å². The maximum absolute atomic E-state index is 13.5. The van der Waals surface area contributed by atoms with Gasteiger partial charge in [-0.05, 0) is 31.5 Å². The average molecular weight is 242 g/mol. The normalized spacial score (nSPS) is 12.0. The van der Waals surface area contributed by atoms with Crippen LogP contribution in [0.25, 0.3) is 0 Å². The van der Waals surface area contributed by atoms with Gasteiger partial charge in [-0.3, -0.25) is 0 Å². The number of halogens is 1. The van der Waals surface area contributed by atoms with Crippen molar-refractivity contribution >= 4 is 5.97 Å². The fourth-order valence-electron chi connectivity index (χ4n) is 1.24. The van der Waals surface area contributed by atoms with Gasteiger partial charge >= 0.3 is 5.97 Å². The number of carbonyl (C=O) groups is 1. The molecule has 0 radical (unpaired) electrons. The number of benzene rings is 1. The molecule has 0 saturated heterocycles. The van der Waals surface area contributed by atoms with Gasteiger partial charge in [-0.15, -0.1) is 0 Å². The third-order valence-corrected chi connectivity index (χ3v) is 2.10. The first-order valence-corrected chi connectivity index (χ1v) is 5.31. The first-order chi connectivity index (χ1) is 8.08. The van der Waals surface area contributed by atoms with Gasteiger partial charge in [0.1, 0.15) is 0 Å². The summed E-state index contributed by atoms with van der Waals surface area (Å²) in [6, 6.07) is 4.06. The van der Waals surface area contributed by atoms with Crippen LogP contribution in [0.4, 0.5) is 4.39 Å². The van der Waals surface area contributed by atoms with E-state index in [2.05, 4.69) is 0 Å². The highest BCUT2D eigenvalue weighted by atomic mass is 19.1. The van der Waals surface area contributed by atoms with Crippen molar-refractivity contribution in [1.29, 1.82) is 0 Å². The third-order valence-electron chi connectivity index (χ3n) is 2.10. The van der Waals surface area contributed by atoms with Crippen LogP contribution in [0.2, 0.25) is 0 Å². The molecule has 0 aliphatic carbocycles. The zero-order valence-electron chi connectivity index (χ0n) is 9.77. The maximum Gasteiger partial charge on any atom is 0.347 e.